The summed E-state index contributed by atoms with van der Waals surface area (Å²) in [5.74, 6) is -0.978. The molecule has 2 aromatic rings. The minimum Gasteiger partial charge on any atom is -0.366 e. The van der Waals surface area contributed by atoms with Crippen LogP contribution < -0.4 is 4.90 Å². The first kappa shape index (κ1) is 17.8. The molecule has 1 aromatic heterocycles. The van der Waals surface area contributed by atoms with Gasteiger partial charge in [-0.2, -0.15) is 13.2 Å². The maximum absolute atomic E-state index is 13.1. The summed E-state index contributed by atoms with van der Waals surface area (Å²) in [5.41, 5.74) is -0.00514. The van der Waals surface area contributed by atoms with E-state index in [-0.39, 0.29) is 5.69 Å². The van der Waals surface area contributed by atoms with E-state index in [9.17, 15) is 22.8 Å². The predicted octanol–water partition coefficient (Wildman–Crippen LogP) is 4.15. The number of carbonyl (C=O) groups excluding carboxylic acids is 2. The predicted molar refractivity (Wildman–Crippen MR) is 96.0 cm³/mol. The van der Waals surface area contributed by atoms with Crippen LogP contribution in [0.3, 0.4) is 0 Å². The quantitative estimate of drug-likeness (QED) is 0.737. The van der Waals surface area contributed by atoms with Crippen molar-refractivity contribution in [3.05, 3.63) is 57.9 Å². The number of benzene rings is 1. The molecule has 0 radical (unpaired) electrons. The highest BCUT2D eigenvalue weighted by atomic mass is 32.1. The molecule has 0 aliphatic carbocycles. The monoisotopic (exact) mass is 392 g/mol. The number of anilines is 1. The number of carbonyl (C=O) groups is 2. The summed E-state index contributed by atoms with van der Waals surface area (Å²) >= 11 is 1.36. The third-order valence-corrected chi connectivity index (χ3v) is 5.59. The van der Waals surface area contributed by atoms with E-state index in [1.165, 1.54) is 11.3 Å². The minimum absolute atomic E-state index is 0.140. The summed E-state index contributed by atoms with van der Waals surface area (Å²) in [5, 5.41) is 1.82. The van der Waals surface area contributed by atoms with Gasteiger partial charge in [0.15, 0.2) is 0 Å². The van der Waals surface area contributed by atoms with Crippen LogP contribution >= 0.6 is 11.3 Å². The van der Waals surface area contributed by atoms with Gasteiger partial charge in [-0.25, -0.2) is 4.90 Å². The first-order valence-electron chi connectivity index (χ1n) is 8.47. The fourth-order valence-electron chi connectivity index (χ4n) is 3.43. The van der Waals surface area contributed by atoms with E-state index in [2.05, 4.69) is 0 Å². The number of thiophene rings is 1. The summed E-state index contributed by atoms with van der Waals surface area (Å²) in [6.45, 7) is 1.37. The molecule has 0 N–H and O–H groups in total. The van der Waals surface area contributed by atoms with E-state index < -0.39 is 23.6 Å². The van der Waals surface area contributed by atoms with E-state index in [0.29, 0.717) is 29.2 Å². The number of alkyl halides is 3. The van der Waals surface area contributed by atoms with Crippen molar-refractivity contribution in [2.75, 3.05) is 18.0 Å². The van der Waals surface area contributed by atoms with Gasteiger partial charge in [-0.15, -0.1) is 11.3 Å². The highest BCUT2D eigenvalue weighted by molar-refractivity contribution is 7.11. The van der Waals surface area contributed by atoms with E-state index >= 15 is 0 Å². The fraction of sp³-hybridized carbons (Fsp3) is 0.263. The molecule has 0 spiro atoms. The largest absolute Gasteiger partial charge is 0.416 e. The molecule has 27 heavy (non-hydrogen) atoms. The summed E-state index contributed by atoms with van der Waals surface area (Å²) in [7, 11) is 0. The van der Waals surface area contributed by atoms with Crippen molar-refractivity contribution < 1.29 is 22.8 Å². The number of hydrogen-bond donors (Lipinski definition) is 0. The fourth-order valence-corrected chi connectivity index (χ4v) is 4.19. The number of likely N-dealkylation sites (tertiary alicyclic amines) is 1. The van der Waals surface area contributed by atoms with Crippen LogP contribution in [0.25, 0.3) is 5.57 Å². The summed E-state index contributed by atoms with van der Waals surface area (Å²) in [4.78, 5) is 29.7. The van der Waals surface area contributed by atoms with Crippen LogP contribution in [-0.4, -0.2) is 29.8 Å². The van der Waals surface area contributed by atoms with E-state index in [1.807, 2.05) is 10.3 Å². The number of halogens is 3. The number of hydrogen-bond acceptors (Lipinski definition) is 4. The van der Waals surface area contributed by atoms with Gasteiger partial charge in [-0.1, -0.05) is 6.07 Å². The summed E-state index contributed by atoms with van der Waals surface area (Å²) in [6.07, 6.45) is -2.61. The second-order valence-corrected chi connectivity index (χ2v) is 7.33. The van der Waals surface area contributed by atoms with Crippen molar-refractivity contribution >= 4 is 34.4 Å². The van der Waals surface area contributed by atoms with Gasteiger partial charge in [0.25, 0.3) is 11.8 Å². The molecule has 140 valence electrons. The van der Waals surface area contributed by atoms with Crippen molar-refractivity contribution in [1.29, 1.82) is 0 Å². The van der Waals surface area contributed by atoms with Crippen molar-refractivity contribution in [1.82, 2.24) is 4.90 Å². The average Bonchev–Trinajstić information content (AvgIpc) is 3.35. The van der Waals surface area contributed by atoms with Crippen LogP contribution in [0.15, 0.2) is 47.5 Å². The molecular formula is C19H15F3N2O2S. The lowest BCUT2D eigenvalue weighted by atomic mass is 10.1. The molecule has 4 rings (SSSR count). The molecule has 0 atom stereocenters. The van der Waals surface area contributed by atoms with E-state index in [4.69, 9.17) is 0 Å². The van der Waals surface area contributed by atoms with Crippen molar-refractivity contribution in [3.8, 4) is 0 Å². The lowest BCUT2D eigenvalue weighted by Crippen LogP contribution is -2.34. The first-order valence-corrected chi connectivity index (χ1v) is 9.35. The van der Waals surface area contributed by atoms with Gasteiger partial charge in [0.1, 0.15) is 5.70 Å². The molecule has 4 nitrogen and oxygen atoms in total. The van der Waals surface area contributed by atoms with Gasteiger partial charge in [-0.3, -0.25) is 9.59 Å². The molecule has 8 heteroatoms. The topological polar surface area (TPSA) is 40.6 Å². The van der Waals surface area contributed by atoms with Gasteiger partial charge in [0.05, 0.1) is 16.8 Å². The van der Waals surface area contributed by atoms with Gasteiger partial charge in [-0.05, 0) is 48.6 Å². The molecule has 2 amide bonds. The Balaban J connectivity index is 1.75. The van der Waals surface area contributed by atoms with Crippen molar-refractivity contribution in [2.45, 2.75) is 19.0 Å². The number of nitrogens with zero attached hydrogens (tertiary/aromatic N) is 2. The SMILES string of the molecule is O=C1C(c2cccs2)=C(N2CCCC2)C(=O)N1c1ccc(C(F)(F)F)cc1. The summed E-state index contributed by atoms with van der Waals surface area (Å²) < 4.78 is 38.4. The maximum Gasteiger partial charge on any atom is 0.416 e. The van der Waals surface area contributed by atoms with E-state index in [0.717, 1.165) is 42.0 Å². The second-order valence-electron chi connectivity index (χ2n) is 6.39. The van der Waals surface area contributed by atoms with Gasteiger partial charge in [0, 0.05) is 18.0 Å². The molecule has 0 saturated carbocycles. The minimum atomic E-state index is -4.47. The van der Waals surface area contributed by atoms with Crippen molar-refractivity contribution in [3.63, 3.8) is 0 Å². The molecule has 1 fully saturated rings. The Bertz CT molecular complexity index is 911. The zero-order valence-corrected chi connectivity index (χ0v) is 14.9. The number of amides is 2. The number of rotatable bonds is 3. The smallest absolute Gasteiger partial charge is 0.366 e. The van der Waals surface area contributed by atoms with Crippen LogP contribution in [0.2, 0.25) is 0 Å². The van der Waals surface area contributed by atoms with E-state index in [1.54, 1.807) is 12.1 Å². The van der Waals surface area contributed by atoms with Crippen LogP contribution in [0.1, 0.15) is 23.3 Å². The second kappa shape index (κ2) is 6.53. The Hall–Kier alpha value is -2.61. The normalized spacial score (nSPS) is 18.2. The molecule has 0 unspecified atom stereocenters. The Morgan fingerprint density at radius 3 is 2.15 bits per heavy atom. The zero-order valence-electron chi connectivity index (χ0n) is 14.1. The van der Waals surface area contributed by atoms with Gasteiger partial charge >= 0.3 is 6.18 Å². The molecule has 0 bridgehead atoms. The van der Waals surface area contributed by atoms with Gasteiger partial charge < -0.3 is 4.90 Å². The lowest BCUT2D eigenvalue weighted by Gasteiger charge is -2.20. The summed E-state index contributed by atoms with van der Waals surface area (Å²) in [6, 6.07) is 7.67. The average molecular weight is 392 g/mol. The molecule has 1 saturated heterocycles. The zero-order chi connectivity index (χ0) is 19.2. The highest BCUT2D eigenvalue weighted by Gasteiger charge is 2.43. The lowest BCUT2D eigenvalue weighted by molar-refractivity contribution is -0.137. The molecule has 3 heterocycles. The van der Waals surface area contributed by atoms with Crippen molar-refractivity contribution in [2.24, 2.45) is 0 Å². The Labute approximate surface area is 157 Å². The maximum atomic E-state index is 13.1. The van der Waals surface area contributed by atoms with Gasteiger partial charge in [0.2, 0.25) is 0 Å². The standard InChI is InChI=1S/C19H15F3N2O2S/c20-19(21,22)12-5-7-13(8-6-12)24-17(25)15(14-4-3-11-27-14)16(18(24)26)23-9-1-2-10-23/h3-8,11H,1-2,9-10H2. The molecule has 1 aromatic carbocycles. The molecule has 2 aliphatic rings. The first-order chi connectivity index (χ1) is 12.9. The molecule has 2 aliphatic heterocycles. The highest BCUT2D eigenvalue weighted by Crippen LogP contribution is 2.38. The van der Waals surface area contributed by atoms with Crippen LogP contribution in [0.5, 0.6) is 0 Å². The number of imide groups is 1. The Morgan fingerprint density at radius 2 is 1.59 bits per heavy atom. The Kier molecular flexibility index (Phi) is 4.30. The van der Waals surface area contributed by atoms with Crippen LogP contribution in [0, 0.1) is 0 Å². The Morgan fingerprint density at radius 1 is 0.926 bits per heavy atom. The third kappa shape index (κ3) is 3.03. The third-order valence-electron chi connectivity index (χ3n) is 4.70. The molecular weight excluding hydrogens is 377 g/mol. The van der Waals surface area contributed by atoms with Crippen LogP contribution in [0.4, 0.5) is 18.9 Å². The van der Waals surface area contributed by atoms with Crippen LogP contribution in [-0.2, 0) is 15.8 Å².